The van der Waals surface area contributed by atoms with Gasteiger partial charge in [-0.1, -0.05) is 10.3 Å². The second-order valence-electron chi connectivity index (χ2n) is 2.12. The minimum Gasteiger partial charge on any atom is -0.378 e. The molecular formula is C6H10N4O4. The third kappa shape index (κ3) is 5.52. The minimum atomic E-state index is -0.659. The first kappa shape index (κ1) is 11.9. The van der Waals surface area contributed by atoms with Gasteiger partial charge in [-0.2, -0.15) is 0 Å². The molecule has 0 radical (unpaired) electrons. The van der Waals surface area contributed by atoms with Gasteiger partial charge >= 0.3 is 11.9 Å². The van der Waals surface area contributed by atoms with E-state index in [-0.39, 0.29) is 11.7 Å². The Morgan fingerprint density at radius 2 is 1.21 bits per heavy atom. The van der Waals surface area contributed by atoms with Crippen molar-refractivity contribution in [1.29, 1.82) is 0 Å². The van der Waals surface area contributed by atoms with Gasteiger partial charge in [0.15, 0.2) is 0 Å². The molecule has 78 valence electrons. The number of oxime groups is 2. The number of hydrogen-bond acceptors (Lipinski definition) is 6. The van der Waals surface area contributed by atoms with E-state index in [1.165, 1.54) is 0 Å². The van der Waals surface area contributed by atoms with Crippen molar-refractivity contribution in [2.24, 2.45) is 21.8 Å². The summed E-state index contributed by atoms with van der Waals surface area (Å²) < 4.78 is 0. The first-order valence-corrected chi connectivity index (χ1v) is 3.46. The number of hydrogen-bond donors (Lipinski definition) is 2. The Morgan fingerprint density at radius 3 is 1.43 bits per heavy atom. The smallest absolute Gasteiger partial charge is 0.332 e. The molecular weight excluding hydrogens is 192 g/mol. The van der Waals surface area contributed by atoms with Crippen LogP contribution >= 0.6 is 0 Å². The topological polar surface area (TPSA) is 129 Å². The molecule has 0 saturated heterocycles. The number of amidine groups is 2. The highest BCUT2D eigenvalue weighted by Crippen LogP contribution is 1.82. The molecule has 8 heteroatoms. The summed E-state index contributed by atoms with van der Waals surface area (Å²) in [6.45, 7) is 2.27. The Bertz CT molecular complexity index is 266. The molecule has 8 nitrogen and oxygen atoms in total. The van der Waals surface area contributed by atoms with E-state index < -0.39 is 11.9 Å². The number of nitrogens with two attached hydrogens (primary N) is 2. The van der Waals surface area contributed by atoms with Crippen molar-refractivity contribution in [3.05, 3.63) is 0 Å². The molecule has 0 aliphatic heterocycles. The lowest BCUT2D eigenvalue weighted by atomic mass is 10.6. The van der Waals surface area contributed by atoms with Crippen LogP contribution in [0.2, 0.25) is 0 Å². The van der Waals surface area contributed by atoms with Crippen LogP contribution in [0.25, 0.3) is 0 Å². The summed E-state index contributed by atoms with van der Waals surface area (Å²) in [6.07, 6.45) is 0. The molecule has 14 heavy (non-hydrogen) atoms. The molecule has 0 aliphatic carbocycles. The van der Waals surface area contributed by atoms with Crippen molar-refractivity contribution in [2.75, 3.05) is 0 Å². The van der Waals surface area contributed by atoms with Crippen LogP contribution in [0, 0.1) is 0 Å². The summed E-state index contributed by atoms with van der Waals surface area (Å²) in [6, 6.07) is 0. The lowest BCUT2D eigenvalue weighted by Crippen LogP contribution is -2.32. The summed E-state index contributed by atoms with van der Waals surface area (Å²) in [7, 11) is 0. The largest absolute Gasteiger partial charge is 0.378 e. The highest BCUT2D eigenvalue weighted by molar-refractivity contribution is 6.39. The van der Waals surface area contributed by atoms with Crippen LogP contribution in [0.3, 0.4) is 0 Å². The van der Waals surface area contributed by atoms with Crippen LogP contribution in [-0.2, 0) is 19.3 Å². The fraction of sp³-hybridized carbons (Fsp3) is 0.333. The summed E-state index contributed by atoms with van der Waals surface area (Å²) >= 11 is 0. The zero-order chi connectivity index (χ0) is 11.1. The molecule has 0 fully saturated rings. The normalized spacial score (nSPS) is 12.1. The SMILES string of the molecule is CC(=O)O/N=C(N)/C(N)=N/OC(C)=O. The van der Waals surface area contributed by atoms with Gasteiger partial charge in [0.2, 0.25) is 11.7 Å². The highest BCUT2D eigenvalue weighted by Gasteiger charge is 2.02. The fourth-order valence-electron chi connectivity index (χ4n) is 0.320. The molecule has 0 aliphatic rings. The standard InChI is InChI=1S/C6H10N4O4/c1-3(11)13-9-5(7)6(8)10-14-4(2)12/h1-2H3,(H2,7,9)(H2,8,10). The van der Waals surface area contributed by atoms with E-state index in [4.69, 9.17) is 11.5 Å². The summed E-state index contributed by atoms with van der Waals surface area (Å²) in [5.74, 6) is -2.04. The number of carbonyl (C=O) groups excluding carboxylic acids is 2. The lowest BCUT2D eigenvalue weighted by Gasteiger charge is -1.97. The van der Waals surface area contributed by atoms with Gasteiger partial charge in [-0.25, -0.2) is 9.59 Å². The van der Waals surface area contributed by atoms with E-state index in [0.717, 1.165) is 13.8 Å². The predicted octanol–water partition coefficient (Wildman–Crippen LogP) is -1.34. The Kier molecular flexibility index (Phi) is 4.68. The average molecular weight is 202 g/mol. The van der Waals surface area contributed by atoms with Gasteiger partial charge in [-0.15, -0.1) is 0 Å². The van der Waals surface area contributed by atoms with Crippen LogP contribution in [0.15, 0.2) is 10.3 Å². The van der Waals surface area contributed by atoms with Crippen LogP contribution in [-0.4, -0.2) is 23.6 Å². The van der Waals surface area contributed by atoms with E-state index in [1.807, 2.05) is 0 Å². The van der Waals surface area contributed by atoms with Gasteiger partial charge in [0.25, 0.3) is 0 Å². The molecule has 4 N–H and O–H groups in total. The van der Waals surface area contributed by atoms with Gasteiger partial charge in [0, 0.05) is 13.8 Å². The Labute approximate surface area is 79.5 Å². The zero-order valence-corrected chi connectivity index (χ0v) is 7.68. The summed E-state index contributed by atoms with van der Waals surface area (Å²) in [5.41, 5.74) is 10.4. The van der Waals surface area contributed by atoms with E-state index in [9.17, 15) is 9.59 Å². The van der Waals surface area contributed by atoms with E-state index in [1.54, 1.807) is 0 Å². The fourth-order valence-corrected chi connectivity index (χ4v) is 0.320. The molecule has 0 aromatic rings. The monoisotopic (exact) mass is 202 g/mol. The molecule has 0 atom stereocenters. The Hall–Kier alpha value is -2.12. The third-order valence-electron chi connectivity index (χ3n) is 0.808. The van der Waals surface area contributed by atoms with Crippen LogP contribution in [0.4, 0.5) is 0 Å². The second-order valence-corrected chi connectivity index (χ2v) is 2.12. The molecule has 0 aromatic heterocycles. The lowest BCUT2D eigenvalue weighted by molar-refractivity contribution is -0.142. The number of carbonyl (C=O) groups is 2. The zero-order valence-electron chi connectivity index (χ0n) is 7.68. The average Bonchev–Trinajstić information content (AvgIpc) is 2.09. The van der Waals surface area contributed by atoms with E-state index >= 15 is 0 Å². The quantitative estimate of drug-likeness (QED) is 0.246. The van der Waals surface area contributed by atoms with Crippen molar-refractivity contribution in [3.8, 4) is 0 Å². The molecule has 0 bridgehead atoms. The maximum atomic E-state index is 10.3. The Balaban J connectivity index is 4.29. The molecule has 0 rings (SSSR count). The van der Waals surface area contributed by atoms with Crippen LogP contribution in [0.1, 0.15) is 13.8 Å². The van der Waals surface area contributed by atoms with E-state index in [0.29, 0.717) is 0 Å². The van der Waals surface area contributed by atoms with Gasteiger partial charge in [-0.05, 0) is 0 Å². The molecule has 0 aromatic carbocycles. The number of nitrogens with zero attached hydrogens (tertiary/aromatic N) is 2. The van der Waals surface area contributed by atoms with Crippen molar-refractivity contribution in [3.63, 3.8) is 0 Å². The molecule has 0 heterocycles. The van der Waals surface area contributed by atoms with Gasteiger partial charge in [-0.3, -0.25) is 0 Å². The Morgan fingerprint density at radius 1 is 0.929 bits per heavy atom. The van der Waals surface area contributed by atoms with Gasteiger partial charge < -0.3 is 21.1 Å². The number of rotatable bonds is 2. The van der Waals surface area contributed by atoms with Crippen molar-refractivity contribution < 1.29 is 19.3 Å². The summed E-state index contributed by atoms with van der Waals surface area (Å²) in [4.78, 5) is 28.9. The first-order valence-electron chi connectivity index (χ1n) is 3.46. The summed E-state index contributed by atoms with van der Waals surface area (Å²) in [5, 5.41) is 6.20. The molecule has 0 unspecified atom stereocenters. The predicted molar refractivity (Wildman–Crippen MR) is 46.8 cm³/mol. The maximum Gasteiger partial charge on any atom is 0.332 e. The third-order valence-corrected chi connectivity index (χ3v) is 0.808. The minimum absolute atomic E-state index is 0.360. The van der Waals surface area contributed by atoms with E-state index in [2.05, 4.69) is 20.0 Å². The van der Waals surface area contributed by atoms with Crippen LogP contribution in [0.5, 0.6) is 0 Å². The molecule has 0 amide bonds. The van der Waals surface area contributed by atoms with Crippen molar-refractivity contribution in [1.82, 2.24) is 0 Å². The van der Waals surface area contributed by atoms with Gasteiger partial charge in [0.1, 0.15) is 0 Å². The van der Waals surface area contributed by atoms with Crippen molar-refractivity contribution in [2.45, 2.75) is 13.8 Å². The molecule has 0 spiro atoms. The van der Waals surface area contributed by atoms with Crippen molar-refractivity contribution >= 4 is 23.6 Å². The van der Waals surface area contributed by atoms with Gasteiger partial charge in [0.05, 0.1) is 0 Å². The second kappa shape index (κ2) is 5.51. The molecule has 0 saturated carbocycles. The maximum absolute atomic E-state index is 10.3. The first-order chi connectivity index (χ1) is 6.43. The highest BCUT2D eigenvalue weighted by atomic mass is 16.7. The van der Waals surface area contributed by atoms with Crippen LogP contribution < -0.4 is 11.5 Å².